The van der Waals surface area contributed by atoms with Crippen LogP contribution in [0.5, 0.6) is 0 Å². The van der Waals surface area contributed by atoms with E-state index in [0.717, 1.165) is 109 Å². The van der Waals surface area contributed by atoms with Gasteiger partial charge in [0.05, 0.1) is 0 Å². The third kappa shape index (κ3) is 41.5. The fourth-order valence-electron chi connectivity index (χ4n) is 5.56. The molecule has 0 aliphatic heterocycles. The second-order valence-corrected chi connectivity index (χ2v) is 14.3. The van der Waals surface area contributed by atoms with Gasteiger partial charge in [-0.25, -0.2) is 0 Å². The van der Waals surface area contributed by atoms with Gasteiger partial charge in [0.1, 0.15) is 13.2 Å². The molecule has 0 fully saturated rings. The van der Waals surface area contributed by atoms with Gasteiger partial charge in [-0.3, -0.25) is 14.4 Å². The van der Waals surface area contributed by atoms with E-state index in [4.69, 9.17) is 14.2 Å². The molecule has 0 radical (unpaired) electrons. The monoisotopic (exact) mass is 777 g/mol. The highest BCUT2D eigenvalue weighted by Crippen LogP contribution is 2.12. The molecule has 56 heavy (non-hydrogen) atoms. The summed E-state index contributed by atoms with van der Waals surface area (Å²) >= 11 is 0. The Hall–Kier alpha value is -3.67. The lowest BCUT2D eigenvalue weighted by Gasteiger charge is -2.18. The minimum absolute atomic E-state index is 0.107. The third-order valence-electron chi connectivity index (χ3n) is 8.90. The average molecular weight is 777 g/mol. The van der Waals surface area contributed by atoms with Crippen molar-refractivity contribution in [1.29, 1.82) is 0 Å². The van der Waals surface area contributed by atoms with Crippen molar-refractivity contribution in [2.24, 2.45) is 0 Å². The number of carbonyl (C=O) groups excluding carboxylic acids is 3. The SMILES string of the molecule is CC\C=C/C=C\C=C/C=C\CCCCCC(=O)OC(COC(=O)CCCCCC/C=C\C/C=C\C/C=C\CC)COC(=O)CCCCCCC/C=C\CCCC. The van der Waals surface area contributed by atoms with Gasteiger partial charge in [-0.1, -0.05) is 169 Å². The molecule has 0 bridgehead atoms. The summed E-state index contributed by atoms with van der Waals surface area (Å²) in [7, 11) is 0. The zero-order chi connectivity index (χ0) is 40.8. The molecule has 316 valence electrons. The maximum Gasteiger partial charge on any atom is 0.306 e. The highest BCUT2D eigenvalue weighted by molar-refractivity contribution is 5.71. The number of hydrogen-bond acceptors (Lipinski definition) is 6. The van der Waals surface area contributed by atoms with Gasteiger partial charge in [0.2, 0.25) is 0 Å². The van der Waals surface area contributed by atoms with Crippen molar-refractivity contribution in [2.45, 2.75) is 187 Å². The molecule has 0 saturated carbocycles. The van der Waals surface area contributed by atoms with Gasteiger partial charge in [-0.15, -0.1) is 0 Å². The number of ether oxygens (including phenoxy) is 3. The van der Waals surface area contributed by atoms with Crippen LogP contribution in [0.3, 0.4) is 0 Å². The molecule has 1 atom stereocenters. The van der Waals surface area contributed by atoms with Crippen molar-refractivity contribution in [1.82, 2.24) is 0 Å². The summed E-state index contributed by atoms with van der Waals surface area (Å²) in [5.74, 6) is -0.991. The number of esters is 3. The van der Waals surface area contributed by atoms with E-state index >= 15 is 0 Å². The standard InChI is InChI=1S/C50H80O6/c1-4-7-10-13-16-19-22-24-26-28-31-34-37-40-43-49(52)55-46-47(45-54-48(51)42-39-36-33-30-27-21-18-15-12-9-6-3)56-50(53)44-41-38-35-32-29-25-23-20-17-14-11-8-5-2/h7-8,10-11,14-20,23-26,29,47H,4-6,9,12-13,21-22,27-28,30-46H2,1-3H3/b10-7-,11-8-,17-14-,18-15-,19-16-,23-20-,26-24-,29-25-. The van der Waals surface area contributed by atoms with Crippen LogP contribution in [0.15, 0.2) is 97.2 Å². The lowest BCUT2D eigenvalue weighted by molar-refractivity contribution is -0.167. The Morgan fingerprint density at radius 2 is 0.786 bits per heavy atom. The molecule has 0 saturated heterocycles. The second kappa shape index (κ2) is 44.0. The molecule has 0 aromatic heterocycles. The minimum atomic E-state index is -0.809. The maximum atomic E-state index is 12.7. The number of hydrogen-bond donors (Lipinski definition) is 0. The van der Waals surface area contributed by atoms with Gasteiger partial charge < -0.3 is 14.2 Å². The first kappa shape index (κ1) is 52.3. The van der Waals surface area contributed by atoms with Crippen LogP contribution >= 0.6 is 0 Å². The lowest BCUT2D eigenvalue weighted by atomic mass is 10.1. The number of allylic oxidation sites excluding steroid dienone is 16. The van der Waals surface area contributed by atoms with Crippen molar-refractivity contribution in [2.75, 3.05) is 13.2 Å². The molecule has 0 heterocycles. The van der Waals surface area contributed by atoms with Crippen molar-refractivity contribution in [3.8, 4) is 0 Å². The topological polar surface area (TPSA) is 78.9 Å². The normalized spacial score (nSPS) is 13.0. The molecule has 6 nitrogen and oxygen atoms in total. The van der Waals surface area contributed by atoms with Gasteiger partial charge in [0, 0.05) is 19.3 Å². The van der Waals surface area contributed by atoms with E-state index in [1.165, 1.54) is 25.7 Å². The first-order valence-electron chi connectivity index (χ1n) is 22.3. The van der Waals surface area contributed by atoms with Crippen LogP contribution in [0.4, 0.5) is 0 Å². The fraction of sp³-hybridized carbons (Fsp3) is 0.620. The quantitative estimate of drug-likeness (QED) is 0.0204. The van der Waals surface area contributed by atoms with Crippen LogP contribution in [0.25, 0.3) is 0 Å². The van der Waals surface area contributed by atoms with E-state index in [9.17, 15) is 14.4 Å². The fourth-order valence-corrected chi connectivity index (χ4v) is 5.56. The molecule has 0 aromatic carbocycles. The van der Waals surface area contributed by atoms with Gasteiger partial charge >= 0.3 is 17.9 Å². The first-order valence-corrected chi connectivity index (χ1v) is 22.3. The van der Waals surface area contributed by atoms with Gasteiger partial charge in [0.25, 0.3) is 0 Å². The largest absolute Gasteiger partial charge is 0.462 e. The predicted molar refractivity (Wildman–Crippen MR) is 237 cm³/mol. The Bertz CT molecular complexity index is 1170. The zero-order valence-electron chi connectivity index (χ0n) is 35.9. The predicted octanol–water partition coefficient (Wildman–Crippen LogP) is 14.2. The Morgan fingerprint density at radius 1 is 0.393 bits per heavy atom. The van der Waals surface area contributed by atoms with Crippen LogP contribution in [0, 0.1) is 0 Å². The Labute approximate surface area is 343 Å². The molecule has 0 aliphatic carbocycles. The lowest BCUT2D eigenvalue weighted by Crippen LogP contribution is -2.30. The van der Waals surface area contributed by atoms with E-state index < -0.39 is 6.10 Å². The Kier molecular flexibility index (Phi) is 41.2. The molecule has 6 heteroatoms. The van der Waals surface area contributed by atoms with Crippen LogP contribution in [-0.4, -0.2) is 37.2 Å². The van der Waals surface area contributed by atoms with Crippen LogP contribution in [-0.2, 0) is 28.6 Å². The Morgan fingerprint density at radius 3 is 1.34 bits per heavy atom. The summed E-state index contributed by atoms with van der Waals surface area (Å²) in [5.41, 5.74) is 0. The Balaban J connectivity index is 4.52. The molecule has 0 aromatic rings. The van der Waals surface area contributed by atoms with Crippen molar-refractivity contribution in [3.63, 3.8) is 0 Å². The zero-order valence-corrected chi connectivity index (χ0v) is 35.9. The number of carbonyl (C=O) groups is 3. The third-order valence-corrected chi connectivity index (χ3v) is 8.90. The van der Waals surface area contributed by atoms with E-state index in [1.54, 1.807) is 0 Å². The molecule has 0 aliphatic rings. The number of rotatable bonds is 38. The average Bonchev–Trinajstić information content (AvgIpc) is 3.19. The summed E-state index contributed by atoms with van der Waals surface area (Å²) in [5, 5.41) is 0. The molecule has 0 rings (SSSR count). The smallest absolute Gasteiger partial charge is 0.306 e. The first-order chi connectivity index (χ1) is 27.5. The van der Waals surface area contributed by atoms with Crippen LogP contribution < -0.4 is 0 Å². The summed E-state index contributed by atoms with van der Waals surface area (Å²) < 4.78 is 16.6. The van der Waals surface area contributed by atoms with E-state index in [1.807, 2.05) is 36.5 Å². The molecule has 0 N–H and O–H groups in total. The van der Waals surface area contributed by atoms with E-state index in [-0.39, 0.29) is 37.5 Å². The van der Waals surface area contributed by atoms with Gasteiger partial charge in [-0.05, 0) is 89.9 Å². The molecule has 1 unspecified atom stereocenters. The van der Waals surface area contributed by atoms with E-state index in [2.05, 4.69) is 81.5 Å². The van der Waals surface area contributed by atoms with E-state index in [0.29, 0.717) is 19.3 Å². The highest BCUT2D eigenvalue weighted by Gasteiger charge is 2.19. The highest BCUT2D eigenvalue weighted by atomic mass is 16.6. The van der Waals surface area contributed by atoms with Gasteiger partial charge in [0.15, 0.2) is 6.10 Å². The summed E-state index contributed by atoms with van der Waals surface area (Å²) in [6, 6.07) is 0. The van der Waals surface area contributed by atoms with Crippen molar-refractivity contribution in [3.05, 3.63) is 97.2 Å². The van der Waals surface area contributed by atoms with Crippen molar-refractivity contribution < 1.29 is 28.6 Å². The van der Waals surface area contributed by atoms with Crippen LogP contribution in [0.1, 0.15) is 181 Å². The van der Waals surface area contributed by atoms with Gasteiger partial charge in [-0.2, -0.15) is 0 Å². The molecule has 0 spiro atoms. The summed E-state index contributed by atoms with van der Waals surface area (Å²) in [6.45, 7) is 6.25. The molecular weight excluding hydrogens is 697 g/mol. The minimum Gasteiger partial charge on any atom is -0.462 e. The van der Waals surface area contributed by atoms with Crippen LogP contribution in [0.2, 0.25) is 0 Å². The molecular formula is C50H80O6. The second-order valence-electron chi connectivity index (χ2n) is 14.3. The number of unbranched alkanes of at least 4 members (excludes halogenated alkanes) is 14. The summed E-state index contributed by atoms with van der Waals surface area (Å²) in [6.07, 6.45) is 56.7. The maximum absolute atomic E-state index is 12.7. The van der Waals surface area contributed by atoms with Crippen molar-refractivity contribution >= 4 is 17.9 Å². The summed E-state index contributed by atoms with van der Waals surface area (Å²) in [4.78, 5) is 37.7. The molecule has 0 amide bonds.